The molecule has 0 fully saturated rings. The zero-order valence-corrected chi connectivity index (χ0v) is 12.3. The number of benzene rings is 2. The summed E-state index contributed by atoms with van der Waals surface area (Å²) in [5.74, 6) is -0.741. The molecule has 1 aliphatic rings. The van der Waals surface area contributed by atoms with Gasteiger partial charge in [0, 0.05) is 0 Å². The Morgan fingerprint density at radius 3 is 2.52 bits per heavy atom. The number of hydrogen-bond acceptors (Lipinski definition) is 2. The molecule has 3 nitrogen and oxygen atoms in total. The topological polar surface area (TPSA) is 46.2 Å². The second-order valence-electron chi connectivity index (χ2n) is 5.19. The lowest BCUT2D eigenvalue weighted by Crippen LogP contribution is -2.17. The quantitative estimate of drug-likeness (QED) is 0.943. The van der Waals surface area contributed by atoms with E-state index in [1.807, 2.05) is 12.1 Å². The number of nitrogens with one attached hydrogen (secondary N) is 1. The highest BCUT2D eigenvalue weighted by atomic mass is 32.2. The zero-order valence-electron chi connectivity index (χ0n) is 11.5. The molecule has 21 heavy (non-hydrogen) atoms. The summed E-state index contributed by atoms with van der Waals surface area (Å²) in [7, 11) is -3.90. The lowest BCUT2D eigenvalue weighted by atomic mass is 9.91. The van der Waals surface area contributed by atoms with Gasteiger partial charge in [-0.3, -0.25) is 4.72 Å². The number of rotatable bonds is 3. The molecule has 0 atom stereocenters. The third kappa shape index (κ3) is 2.78. The average Bonchev–Trinajstić information content (AvgIpc) is 2.47. The van der Waals surface area contributed by atoms with E-state index in [9.17, 15) is 12.8 Å². The van der Waals surface area contributed by atoms with Crippen LogP contribution in [0, 0.1) is 5.82 Å². The molecular weight excluding hydrogens is 289 g/mol. The molecule has 0 aromatic heterocycles. The van der Waals surface area contributed by atoms with E-state index in [1.165, 1.54) is 23.8 Å². The summed E-state index contributed by atoms with van der Waals surface area (Å²) in [5, 5.41) is 0. The van der Waals surface area contributed by atoms with Crippen LogP contribution in [0.25, 0.3) is 0 Å². The third-order valence-electron chi connectivity index (χ3n) is 3.77. The van der Waals surface area contributed by atoms with E-state index in [0.717, 1.165) is 37.3 Å². The Labute approximate surface area is 123 Å². The largest absolute Gasteiger partial charge is 0.279 e. The highest BCUT2D eigenvalue weighted by Crippen LogP contribution is 2.29. The number of hydrogen-bond donors (Lipinski definition) is 1. The van der Waals surface area contributed by atoms with E-state index in [2.05, 4.69) is 4.72 Å². The van der Waals surface area contributed by atoms with E-state index in [1.54, 1.807) is 6.07 Å². The van der Waals surface area contributed by atoms with Gasteiger partial charge < -0.3 is 0 Å². The first-order valence-corrected chi connectivity index (χ1v) is 8.44. The maximum Gasteiger partial charge on any atom is 0.264 e. The molecule has 0 saturated carbocycles. The van der Waals surface area contributed by atoms with Crippen molar-refractivity contribution in [2.45, 2.75) is 30.6 Å². The molecule has 2 aromatic carbocycles. The maximum absolute atomic E-state index is 13.7. The van der Waals surface area contributed by atoms with Crippen molar-refractivity contribution in [1.82, 2.24) is 0 Å². The number of anilines is 1. The van der Waals surface area contributed by atoms with Gasteiger partial charge in [0.1, 0.15) is 10.7 Å². The molecule has 2 aromatic rings. The smallest absolute Gasteiger partial charge is 0.264 e. The molecule has 1 aliphatic carbocycles. The molecule has 110 valence electrons. The second-order valence-corrected chi connectivity index (χ2v) is 6.84. The van der Waals surface area contributed by atoms with Gasteiger partial charge in [-0.05, 0) is 55.0 Å². The zero-order chi connectivity index (χ0) is 14.9. The van der Waals surface area contributed by atoms with Crippen LogP contribution >= 0.6 is 0 Å². The third-order valence-corrected chi connectivity index (χ3v) is 5.17. The molecule has 0 radical (unpaired) electrons. The Bertz CT molecular complexity index is 772. The van der Waals surface area contributed by atoms with Crippen LogP contribution in [-0.4, -0.2) is 8.42 Å². The fourth-order valence-electron chi connectivity index (χ4n) is 2.74. The van der Waals surface area contributed by atoms with E-state index >= 15 is 0 Å². The van der Waals surface area contributed by atoms with Gasteiger partial charge in [0.2, 0.25) is 0 Å². The second kappa shape index (κ2) is 5.48. The Morgan fingerprint density at radius 2 is 1.71 bits per heavy atom. The molecule has 0 aliphatic heterocycles. The normalized spacial score (nSPS) is 14.5. The average molecular weight is 305 g/mol. The molecule has 0 saturated heterocycles. The van der Waals surface area contributed by atoms with Crippen molar-refractivity contribution < 1.29 is 12.8 Å². The Morgan fingerprint density at radius 1 is 0.952 bits per heavy atom. The van der Waals surface area contributed by atoms with E-state index in [0.29, 0.717) is 5.69 Å². The molecule has 0 bridgehead atoms. The highest BCUT2D eigenvalue weighted by molar-refractivity contribution is 7.92. The Hall–Kier alpha value is -1.88. The van der Waals surface area contributed by atoms with Gasteiger partial charge in [0.05, 0.1) is 5.69 Å². The van der Waals surface area contributed by atoms with Gasteiger partial charge in [-0.25, -0.2) is 12.8 Å². The highest BCUT2D eigenvalue weighted by Gasteiger charge is 2.21. The fourth-order valence-corrected chi connectivity index (χ4v) is 3.91. The minimum absolute atomic E-state index is 0.321. The predicted molar refractivity (Wildman–Crippen MR) is 80.3 cm³/mol. The van der Waals surface area contributed by atoms with E-state index in [-0.39, 0.29) is 4.90 Å². The summed E-state index contributed by atoms with van der Waals surface area (Å²) < 4.78 is 41.0. The van der Waals surface area contributed by atoms with Gasteiger partial charge in [0.25, 0.3) is 10.0 Å². The predicted octanol–water partition coefficient (Wildman–Crippen LogP) is 3.51. The lowest BCUT2D eigenvalue weighted by Gasteiger charge is -2.20. The van der Waals surface area contributed by atoms with Gasteiger partial charge in [0.15, 0.2) is 0 Å². The van der Waals surface area contributed by atoms with Crippen LogP contribution in [0.15, 0.2) is 47.4 Å². The summed E-state index contributed by atoms with van der Waals surface area (Å²) in [6, 6.07) is 11.0. The molecule has 0 amide bonds. The minimum atomic E-state index is -3.90. The number of halogens is 1. The number of fused-ring (bicyclic) bond motifs is 1. The number of aryl methyl sites for hydroxylation is 1. The minimum Gasteiger partial charge on any atom is -0.279 e. The van der Waals surface area contributed by atoms with Crippen molar-refractivity contribution in [1.29, 1.82) is 0 Å². The van der Waals surface area contributed by atoms with Crippen LogP contribution in [0.5, 0.6) is 0 Å². The maximum atomic E-state index is 13.7. The number of sulfonamides is 1. The van der Waals surface area contributed by atoms with Crippen molar-refractivity contribution in [2.24, 2.45) is 0 Å². The SMILES string of the molecule is O=S(=O)(Nc1cccc2c1CCCC2)c1ccccc1F. The van der Waals surface area contributed by atoms with Gasteiger partial charge in [-0.1, -0.05) is 24.3 Å². The van der Waals surface area contributed by atoms with Crippen LogP contribution in [0.2, 0.25) is 0 Å². The van der Waals surface area contributed by atoms with Crippen molar-refractivity contribution in [2.75, 3.05) is 4.72 Å². The monoisotopic (exact) mass is 305 g/mol. The lowest BCUT2D eigenvalue weighted by molar-refractivity contribution is 0.570. The molecule has 0 heterocycles. The van der Waals surface area contributed by atoms with Gasteiger partial charge in [-0.2, -0.15) is 0 Å². The Kier molecular flexibility index (Phi) is 3.68. The van der Waals surface area contributed by atoms with Crippen LogP contribution in [-0.2, 0) is 22.9 Å². The summed E-state index contributed by atoms with van der Waals surface area (Å²) in [5.41, 5.74) is 2.77. The Balaban J connectivity index is 1.99. The molecule has 1 N–H and O–H groups in total. The van der Waals surface area contributed by atoms with Crippen LogP contribution in [0.1, 0.15) is 24.0 Å². The van der Waals surface area contributed by atoms with Crippen molar-refractivity contribution >= 4 is 15.7 Å². The van der Waals surface area contributed by atoms with Crippen molar-refractivity contribution in [3.8, 4) is 0 Å². The molecule has 3 rings (SSSR count). The standard InChI is InChI=1S/C16H16FNO2S/c17-14-9-3-4-11-16(14)21(19,20)18-15-10-5-7-12-6-1-2-8-13(12)15/h3-5,7,9-11,18H,1-2,6,8H2. The van der Waals surface area contributed by atoms with Crippen LogP contribution in [0.4, 0.5) is 10.1 Å². The van der Waals surface area contributed by atoms with E-state index in [4.69, 9.17) is 0 Å². The molecule has 5 heteroatoms. The van der Waals surface area contributed by atoms with Crippen LogP contribution < -0.4 is 4.72 Å². The summed E-state index contributed by atoms with van der Waals surface area (Å²) in [4.78, 5) is -0.321. The van der Waals surface area contributed by atoms with Gasteiger partial charge >= 0.3 is 0 Å². The summed E-state index contributed by atoms with van der Waals surface area (Å²) in [6.07, 6.45) is 3.98. The van der Waals surface area contributed by atoms with Crippen molar-refractivity contribution in [3.05, 3.63) is 59.4 Å². The van der Waals surface area contributed by atoms with Crippen molar-refractivity contribution in [3.63, 3.8) is 0 Å². The van der Waals surface area contributed by atoms with Gasteiger partial charge in [-0.15, -0.1) is 0 Å². The summed E-state index contributed by atoms with van der Waals surface area (Å²) >= 11 is 0. The fraction of sp³-hybridized carbons (Fsp3) is 0.250. The summed E-state index contributed by atoms with van der Waals surface area (Å²) in [6.45, 7) is 0. The first-order valence-electron chi connectivity index (χ1n) is 6.96. The first kappa shape index (κ1) is 14.1. The van der Waals surface area contributed by atoms with Crippen LogP contribution in [0.3, 0.4) is 0 Å². The molecule has 0 spiro atoms. The molecule has 0 unspecified atom stereocenters. The first-order chi connectivity index (χ1) is 10.1. The molecular formula is C16H16FNO2S. The van der Waals surface area contributed by atoms with E-state index < -0.39 is 15.8 Å².